The van der Waals surface area contributed by atoms with Crippen molar-refractivity contribution in [1.29, 1.82) is 0 Å². The Morgan fingerprint density at radius 3 is 2.62 bits per heavy atom. The number of ether oxygens (including phenoxy) is 4. The van der Waals surface area contributed by atoms with E-state index in [4.69, 9.17) is 18.9 Å². The van der Waals surface area contributed by atoms with Gasteiger partial charge in [0.15, 0.2) is 6.10 Å². The molecule has 2 fully saturated rings. The molecule has 2 aromatic carbocycles. The summed E-state index contributed by atoms with van der Waals surface area (Å²) >= 11 is 0. The lowest BCUT2D eigenvalue weighted by atomic mass is 9.79. The number of hydrogen-bond acceptors (Lipinski definition) is 8. The minimum absolute atomic E-state index is 0.299. The van der Waals surface area contributed by atoms with Crippen LogP contribution >= 0.6 is 0 Å². The monoisotopic (exact) mass is 506 g/mol. The fourth-order valence-electron chi connectivity index (χ4n) is 6.18. The van der Waals surface area contributed by atoms with Crippen LogP contribution in [0.25, 0.3) is 10.8 Å². The summed E-state index contributed by atoms with van der Waals surface area (Å²) in [7, 11) is 3.64. The van der Waals surface area contributed by atoms with Gasteiger partial charge in [-0.2, -0.15) is 0 Å². The quantitative estimate of drug-likeness (QED) is 0.384. The third kappa shape index (κ3) is 4.06. The van der Waals surface area contributed by atoms with Gasteiger partial charge in [0, 0.05) is 18.0 Å². The molecule has 8 atom stereocenters. The molecule has 2 aromatic rings. The van der Waals surface area contributed by atoms with E-state index in [2.05, 4.69) is 5.32 Å². The Kier molecular flexibility index (Phi) is 5.54. The highest BCUT2D eigenvalue weighted by Gasteiger charge is 2.65. The van der Waals surface area contributed by atoms with Crippen molar-refractivity contribution in [2.45, 2.75) is 56.3 Å². The van der Waals surface area contributed by atoms with Crippen LogP contribution in [0.4, 0.5) is 10.5 Å². The number of likely N-dealkylation sites (N-methyl/N-ethyl adjacent to an activating group) is 1. The van der Waals surface area contributed by atoms with Crippen LogP contribution in [0.3, 0.4) is 0 Å². The van der Waals surface area contributed by atoms with Crippen molar-refractivity contribution in [3.8, 4) is 0 Å². The first-order chi connectivity index (χ1) is 17.6. The molecule has 37 heavy (non-hydrogen) atoms. The summed E-state index contributed by atoms with van der Waals surface area (Å²) in [5.41, 5.74) is 0.303. The molecule has 3 aliphatic heterocycles. The van der Waals surface area contributed by atoms with Crippen molar-refractivity contribution in [3.63, 3.8) is 0 Å². The Bertz CT molecular complexity index is 1320. The summed E-state index contributed by atoms with van der Waals surface area (Å²) in [6.45, 7) is 3.73. The number of carbonyl (C=O) groups excluding carboxylic acids is 3. The maximum Gasteiger partial charge on any atom is 0.412 e. The zero-order valence-electron chi connectivity index (χ0n) is 21.2. The fourth-order valence-corrected chi connectivity index (χ4v) is 6.18. The van der Waals surface area contributed by atoms with Crippen LogP contribution in [-0.2, 0) is 28.5 Å². The van der Waals surface area contributed by atoms with Crippen molar-refractivity contribution >= 4 is 34.5 Å². The maximum atomic E-state index is 13.1. The Morgan fingerprint density at radius 1 is 1.11 bits per heavy atom. The topological polar surface area (TPSA) is 107 Å². The number of nitrogens with zero attached hydrogens (tertiary/aromatic N) is 1. The summed E-state index contributed by atoms with van der Waals surface area (Å²) in [5, 5.41) is 4.87. The summed E-state index contributed by atoms with van der Waals surface area (Å²) in [5.74, 6) is -1.50. The van der Waals surface area contributed by atoms with Crippen LogP contribution in [0.5, 0.6) is 0 Å². The zero-order valence-corrected chi connectivity index (χ0v) is 21.2. The van der Waals surface area contributed by atoms with E-state index in [1.165, 1.54) is 0 Å². The predicted octanol–water partition coefficient (Wildman–Crippen LogP) is 3.28. The molecule has 1 aliphatic carbocycles. The van der Waals surface area contributed by atoms with E-state index in [1.54, 1.807) is 13.0 Å². The van der Waals surface area contributed by atoms with Crippen LogP contribution < -0.4 is 5.32 Å². The van der Waals surface area contributed by atoms with Crippen molar-refractivity contribution < 1.29 is 33.3 Å². The number of carbonyl (C=O) groups is 3. The van der Waals surface area contributed by atoms with E-state index in [1.807, 2.05) is 68.4 Å². The third-order valence-electron chi connectivity index (χ3n) is 8.12. The Labute approximate surface area is 214 Å². The molecule has 0 radical (unpaired) electrons. The SMILES string of the molecule is CC1C(=O)OC2CC3(C)OC3C(OC(=O)Nc3ccc4ccccc4c3)C(N(C)C)C3=CC(OC3=O)C21. The van der Waals surface area contributed by atoms with Gasteiger partial charge >= 0.3 is 18.0 Å². The number of epoxide rings is 1. The molecule has 1 N–H and O–H groups in total. The summed E-state index contributed by atoms with van der Waals surface area (Å²) < 4.78 is 23.6. The first-order valence-electron chi connectivity index (χ1n) is 12.6. The number of benzene rings is 2. The number of amides is 1. The van der Waals surface area contributed by atoms with E-state index in [0.717, 1.165) is 10.8 Å². The molecular weight excluding hydrogens is 476 g/mol. The molecule has 0 spiro atoms. The second kappa shape index (κ2) is 8.56. The third-order valence-corrected chi connectivity index (χ3v) is 8.12. The molecule has 3 heterocycles. The van der Waals surface area contributed by atoms with Gasteiger partial charge in [0.05, 0.1) is 23.1 Å². The second-order valence-electron chi connectivity index (χ2n) is 10.9. The molecular formula is C28H30N2O7. The predicted molar refractivity (Wildman–Crippen MR) is 134 cm³/mol. The van der Waals surface area contributed by atoms with Gasteiger partial charge in [0.25, 0.3) is 0 Å². The molecule has 2 saturated heterocycles. The first-order valence-corrected chi connectivity index (χ1v) is 12.6. The summed E-state index contributed by atoms with van der Waals surface area (Å²) in [6, 6.07) is 12.9. The van der Waals surface area contributed by atoms with Crippen molar-refractivity contribution in [1.82, 2.24) is 4.90 Å². The van der Waals surface area contributed by atoms with Crippen LogP contribution in [0.15, 0.2) is 54.1 Å². The van der Waals surface area contributed by atoms with Gasteiger partial charge in [-0.25, -0.2) is 9.59 Å². The van der Waals surface area contributed by atoms with Crippen LogP contribution in [0, 0.1) is 11.8 Å². The van der Waals surface area contributed by atoms with Gasteiger partial charge in [0.1, 0.15) is 18.3 Å². The summed E-state index contributed by atoms with van der Waals surface area (Å²) in [4.78, 5) is 40.5. The molecule has 0 aromatic heterocycles. The normalized spacial score (nSPS) is 36.2. The average molecular weight is 507 g/mol. The van der Waals surface area contributed by atoms with Crippen molar-refractivity contribution in [3.05, 3.63) is 54.1 Å². The van der Waals surface area contributed by atoms with Crippen LogP contribution in [-0.4, -0.2) is 73.1 Å². The lowest BCUT2D eigenvalue weighted by molar-refractivity contribution is -0.144. The zero-order chi connectivity index (χ0) is 26.1. The number of rotatable bonds is 3. The van der Waals surface area contributed by atoms with E-state index in [0.29, 0.717) is 17.7 Å². The molecule has 2 bridgehead atoms. The van der Waals surface area contributed by atoms with Crippen molar-refractivity contribution in [2.75, 3.05) is 19.4 Å². The number of anilines is 1. The number of nitrogens with one attached hydrogen (secondary N) is 1. The molecule has 4 aliphatic rings. The molecule has 9 heteroatoms. The lowest BCUT2D eigenvalue weighted by Gasteiger charge is -2.32. The van der Waals surface area contributed by atoms with Crippen molar-refractivity contribution in [2.24, 2.45) is 11.8 Å². The number of fused-ring (bicyclic) bond motifs is 5. The number of esters is 2. The molecule has 0 saturated carbocycles. The highest BCUT2D eigenvalue weighted by atomic mass is 16.7. The molecule has 8 unspecified atom stereocenters. The Hall–Kier alpha value is -3.43. The minimum Gasteiger partial charge on any atom is -0.462 e. The molecule has 1 amide bonds. The highest BCUT2D eigenvalue weighted by Crippen LogP contribution is 2.51. The standard InChI is InChI=1S/C28H30N2O7/c1-14-21-19-12-18(26(32)34-19)22(30(3)4)23(24-28(2,37-24)13-20(21)35-25(14)31)36-27(33)29-17-10-9-15-7-5-6-8-16(15)11-17/h5-12,14,19-24H,13H2,1-4H3,(H,29,33). The lowest BCUT2D eigenvalue weighted by Crippen LogP contribution is -2.49. The molecule has 9 nitrogen and oxygen atoms in total. The van der Waals surface area contributed by atoms with Gasteiger partial charge in [-0.3, -0.25) is 15.0 Å². The van der Waals surface area contributed by atoms with Gasteiger partial charge in [-0.15, -0.1) is 0 Å². The molecule has 194 valence electrons. The van der Waals surface area contributed by atoms with E-state index in [9.17, 15) is 14.4 Å². The van der Waals surface area contributed by atoms with E-state index >= 15 is 0 Å². The molecule has 6 rings (SSSR count). The Morgan fingerprint density at radius 2 is 1.86 bits per heavy atom. The summed E-state index contributed by atoms with van der Waals surface area (Å²) in [6.07, 6.45) is -0.818. The van der Waals surface area contributed by atoms with Gasteiger partial charge in [-0.05, 0) is 50.0 Å². The fraction of sp³-hybridized carbons (Fsp3) is 0.464. The van der Waals surface area contributed by atoms with E-state index < -0.39 is 54.0 Å². The largest absolute Gasteiger partial charge is 0.462 e. The maximum absolute atomic E-state index is 13.1. The minimum atomic E-state index is -0.802. The average Bonchev–Trinajstić information content (AvgIpc) is 3.24. The first kappa shape index (κ1) is 23.9. The smallest absolute Gasteiger partial charge is 0.412 e. The van der Waals surface area contributed by atoms with Gasteiger partial charge in [-0.1, -0.05) is 37.3 Å². The second-order valence-corrected chi connectivity index (χ2v) is 10.9. The van der Waals surface area contributed by atoms with Crippen LogP contribution in [0.1, 0.15) is 20.3 Å². The number of hydrogen-bond donors (Lipinski definition) is 1. The van der Waals surface area contributed by atoms with E-state index in [-0.39, 0.29) is 11.9 Å². The van der Waals surface area contributed by atoms with Gasteiger partial charge < -0.3 is 18.9 Å². The van der Waals surface area contributed by atoms with Crippen LogP contribution in [0.2, 0.25) is 0 Å². The Balaban J connectivity index is 1.31. The van der Waals surface area contributed by atoms with Gasteiger partial charge in [0.2, 0.25) is 0 Å². The highest BCUT2D eigenvalue weighted by molar-refractivity contribution is 5.93.